The molecule has 3 nitrogen and oxygen atoms in total. The van der Waals surface area contributed by atoms with Crippen LogP contribution in [0.5, 0.6) is 5.75 Å². The monoisotopic (exact) mass is 195 g/mol. The average Bonchev–Trinajstić information content (AvgIpc) is 2.14. The van der Waals surface area contributed by atoms with Crippen LogP contribution in [0.3, 0.4) is 0 Å². The first-order valence-electron chi connectivity index (χ1n) is 4.64. The van der Waals surface area contributed by atoms with E-state index in [9.17, 15) is 5.11 Å². The van der Waals surface area contributed by atoms with Gasteiger partial charge in [0.15, 0.2) is 0 Å². The fourth-order valence-electron chi connectivity index (χ4n) is 0.978. The lowest BCUT2D eigenvalue weighted by atomic mass is 10.2. The zero-order chi connectivity index (χ0) is 10.6. The Bertz CT molecular complexity index is 274. The van der Waals surface area contributed by atoms with Gasteiger partial charge >= 0.3 is 0 Å². The lowest BCUT2D eigenvalue weighted by molar-refractivity contribution is 0.0285. The highest BCUT2D eigenvalue weighted by Crippen LogP contribution is 2.16. The van der Waals surface area contributed by atoms with Crippen LogP contribution in [0.4, 0.5) is 5.69 Å². The Labute approximate surface area is 84.7 Å². The molecule has 78 valence electrons. The number of anilines is 1. The first-order valence-corrected chi connectivity index (χ1v) is 4.64. The number of hydrogen-bond donors (Lipinski definition) is 2. The topological polar surface area (TPSA) is 41.5 Å². The van der Waals surface area contributed by atoms with Gasteiger partial charge in [0.05, 0.1) is 5.60 Å². The summed E-state index contributed by atoms with van der Waals surface area (Å²) in [6, 6.07) is 7.61. The van der Waals surface area contributed by atoms with Crippen LogP contribution in [0.2, 0.25) is 0 Å². The summed E-state index contributed by atoms with van der Waals surface area (Å²) in [7, 11) is 1.87. The van der Waals surface area contributed by atoms with Crippen LogP contribution in [0.25, 0.3) is 0 Å². The second-order valence-corrected chi connectivity index (χ2v) is 3.88. The van der Waals surface area contributed by atoms with Gasteiger partial charge < -0.3 is 15.2 Å². The van der Waals surface area contributed by atoms with E-state index in [4.69, 9.17) is 4.74 Å². The van der Waals surface area contributed by atoms with Crippen LogP contribution < -0.4 is 10.1 Å². The number of rotatable bonds is 4. The third-order valence-corrected chi connectivity index (χ3v) is 1.74. The fourth-order valence-corrected chi connectivity index (χ4v) is 0.978. The van der Waals surface area contributed by atoms with Gasteiger partial charge in [-0.1, -0.05) is 0 Å². The van der Waals surface area contributed by atoms with Crippen molar-refractivity contribution in [3.05, 3.63) is 24.3 Å². The Morgan fingerprint density at radius 2 is 1.86 bits per heavy atom. The zero-order valence-corrected chi connectivity index (χ0v) is 8.87. The molecule has 0 saturated carbocycles. The molecule has 0 saturated heterocycles. The van der Waals surface area contributed by atoms with Crippen LogP contribution in [-0.4, -0.2) is 24.4 Å². The molecule has 0 aliphatic rings. The molecular weight excluding hydrogens is 178 g/mol. The zero-order valence-electron chi connectivity index (χ0n) is 8.87. The summed E-state index contributed by atoms with van der Waals surface area (Å²) in [6.45, 7) is 3.73. The minimum absolute atomic E-state index is 0.298. The van der Waals surface area contributed by atoms with E-state index in [-0.39, 0.29) is 0 Å². The second-order valence-electron chi connectivity index (χ2n) is 3.88. The van der Waals surface area contributed by atoms with Gasteiger partial charge in [-0.05, 0) is 38.1 Å². The third-order valence-electron chi connectivity index (χ3n) is 1.74. The smallest absolute Gasteiger partial charge is 0.119 e. The van der Waals surface area contributed by atoms with E-state index in [1.165, 1.54) is 0 Å². The van der Waals surface area contributed by atoms with Crippen molar-refractivity contribution in [3.8, 4) is 5.75 Å². The molecule has 2 N–H and O–H groups in total. The first-order chi connectivity index (χ1) is 6.51. The predicted octanol–water partition coefficient (Wildman–Crippen LogP) is 1.88. The highest BCUT2D eigenvalue weighted by Gasteiger charge is 2.12. The van der Waals surface area contributed by atoms with Crippen molar-refractivity contribution in [2.75, 3.05) is 19.0 Å². The lowest BCUT2D eigenvalue weighted by Crippen LogP contribution is -2.27. The van der Waals surface area contributed by atoms with E-state index in [1.807, 2.05) is 31.3 Å². The van der Waals surface area contributed by atoms with E-state index in [2.05, 4.69) is 5.32 Å². The van der Waals surface area contributed by atoms with Gasteiger partial charge in [0, 0.05) is 12.7 Å². The molecule has 0 radical (unpaired) electrons. The molecule has 1 aromatic rings. The Hall–Kier alpha value is -1.22. The van der Waals surface area contributed by atoms with Crippen molar-refractivity contribution in [2.24, 2.45) is 0 Å². The summed E-state index contributed by atoms with van der Waals surface area (Å²) in [5.41, 5.74) is 0.252. The molecule has 1 rings (SSSR count). The molecule has 0 amide bonds. The third kappa shape index (κ3) is 3.66. The Kier molecular flexibility index (Phi) is 3.36. The van der Waals surface area contributed by atoms with Crippen LogP contribution in [0.15, 0.2) is 24.3 Å². The summed E-state index contributed by atoms with van der Waals surface area (Å²) in [6.07, 6.45) is 0. The van der Waals surface area contributed by atoms with E-state index in [0.717, 1.165) is 11.4 Å². The maximum absolute atomic E-state index is 9.44. The van der Waals surface area contributed by atoms with Crippen molar-refractivity contribution in [2.45, 2.75) is 19.4 Å². The molecule has 0 bridgehead atoms. The molecule has 0 aliphatic carbocycles. The van der Waals surface area contributed by atoms with Gasteiger partial charge in [-0.15, -0.1) is 0 Å². The van der Waals surface area contributed by atoms with E-state index in [0.29, 0.717) is 6.61 Å². The number of hydrogen-bond acceptors (Lipinski definition) is 3. The lowest BCUT2D eigenvalue weighted by Gasteiger charge is -2.17. The standard InChI is InChI=1S/C11H17NO2/c1-11(2,13)8-14-10-6-4-9(12-3)5-7-10/h4-7,12-13H,8H2,1-3H3. The molecule has 14 heavy (non-hydrogen) atoms. The normalized spacial score (nSPS) is 11.1. The van der Waals surface area contributed by atoms with Crippen molar-refractivity contribution >= 4 is 5.69 Å². The second kappa shape index (κ2) is 4.33. The Morgan fingerprint density at radius 3 is 2.29 bits per heavy atom. The summed E-state index contributed by atoms with van der Waals surface area (Å²) in [5.74, 6) is 0.770. The van der Waals surface area contributed by atoms with E-state index in [1.54, 1.807) is 13.8 Å². The molecule has 1 aromatic carbocycles. The fraction of sp³-hybridized carbons (Fsp3) is 0.455. The summed E-state index contributed by atoms with van der Waals surface area (Å²) in [5, 5.41) is 12.5. The molecule has 0 aromatic heterocycles. The highest BCUT2D eigenvalue weighted by atomic mass is 16.5. The quantitative estimate of drug-likeness (QED) is 0.770. The number of ether oxygens (including phenoxy) is 1. The highest BCUT2D eigenvalue weighted by molar-refractivity contribution is 5.45. The van der Waals surface area contributed by atoms with Crippen molar-refractivity contribution < 1.29 is 9.84 Å². The number of benzene rings is 1. The Balaban J connectivity index is 2.52. The maximum atomic E-state index is 9.44. The first kappa shape index (κ1) is 10.9. The minimum atomic E-state index is -0.790. The minimum Gasteiger partial charge on any atom is -0.491 e. The molecule has 0 atom stereocenters. The van der Waals surface area contributed by atoms with Gasteiger partial charge in [0.25, 0.3) is 0 Å². The summed E-state index contributed by atoms with van der Waals surface area (Å²) < 4.78 is 5.39. The molecule has 0 unspecified atom stereocenters. The van der Waals surface area contributed by atoms with Crippen molar-refractivity contribution in [3.63, 3.8) is 0 Å². The Morgan fingerprint density at radius 1 is 1.29 bits per heavy atom. The molecule has 0 fully saturated rings. The van der Waals surface area contributed by atoms with E-state index >= 15 is 0 Å². The number of aliphatic hydroxyl groups is 1. The van der Waals surface area contributed by atoms with Crippen LogP contribution in [0.1, 0.15) is 13.8 Å². The molecule has 0 spiro atoms. The van der Waals surface area contributed by atoms with Gasteiger partial charge in [-0.2, -0.15) is 0 Å². The molecule has 3 heteroatoms. The SMILES string of the molecule is CNc1ccc(OCC(C)(C)O)cc1. The van der Waals surface area contributed by atoms with Gasteiger partial charge in [-0.3, -0.25) is 0 Å². The van der Waals surface area contributed by atoms with Crippen molar-refractivity contribution in [1.29, 1.82) is 0 Å². The van der Waals surface area contributed by atoms with Gasteiger partial charge in [0.1, 0.15) is 12.4 Å². The van der Waals surface area contributed by atoms with Gasteiger partial charge in [0.2, 0.25) is 0 Å². The summed E-state index contributed by atoms with van der Waals surface area (Å²) >= 11 is 0. The van der Waals surface area contributed by atoms with Crippen LogP contribution >= 0.6 is 0 Å². The van der Waals surface area contributed by atoms with Crippen LogP contribution in [-0.2, 0) is 0 Å². The molecular formula is C11H17NO2. The van der Waals surface area contributed by atoms with Crippen LogP contribution in [0, 0.1) is 0 Å². The van der Waals surface area contributed by atoms with Crippen molar-refractivity contribution in [1.82, 2.24) is 0 Å². The largest absolute Gasteiger partial charge is 0.491 e. The van der Waals surface area contributed by atoms with Gasteiger partial charge in [-0.25, -0.2) is 0 Å². The molecule has 0 heterocycles. The number of nitrogens with one attached hydrogen (secondary N) is 1. The summed E-state index contributed by atoms with van der Waals surface area (Å²) in [4.78, 5) is 0. The predicted molar refractivity (Wildman–Crippen MR) is 57.8 cm³/mol. The average molecular weight is 195 g/mol. The maximum Gasteiger partial charge on any atom is 0.119 e. The molecule has 0 aliphatic heterocycles. The van der Waals surface area contributed by atoms with E-state index < -0.39 is 5.60 Å².